The molecular weight excluding hydrogens is 256 g/mol. The van der Waals surface area contributed by atoms with Crippen LogP contribution in [0.15, 0.2) is 54.6 Å². The molecule has 0 bridgehead atoms. The topological polar surface area (TPSA) is 59.6 Å². The lowest BCUT2D eigenvalue weighted by Gasteiger charge is -2.11. The van der Waals surface area contributed by atoms with Crippen molar-refractivity contribution in [2.75, 3.05) is 19.2 Å². The summed E-state index contributed by atoms with van der Waals surface area (Å²) in [4.78, 5) is 11.7. The molecule has 0 aliphatic rings. The first-order chi connectivity index (χ1) is 9.79. The second kappa shape index (κ2) is 7.04. The number of hydrogen-bond acceptors (Lipinski definition) is 3. The van der Waals surface area contributed by atoms with Crippen molar-refractivity contribution in [1.82, 2.24) is 5.32 Å². The number of amides is 2. The maximum atomic E-state index is 11.7. The zero-order valence-corrected chi connectivity index (χ0v) is 11.1. The van der Waals surface area contributed by atoms with Crippen LogP contribution in [0.2, 0.25) is 0 Å². The molecular formula is C15H16N2O3. The Morgan fingerprint density at radius 1 is 1.05 bits per heavy atom. The van der Waals surface area contributed by atoms with E-state index in [4.69, 9.17) is 9.47 Å². The van der Waals surface area contributed by atoms with E-state index in [-0.39, 0.29) is 12.8 Å². The molecule has 2 N–H and O–H groups in total. The number of hydrogen-bond donors (Lipinski definition) is 2. The number of nitrogens with one attached hydrogen (secondary N) is 2. The van der Waals surface area contributed by atoms with Crippen LogP contribution < -0.4 is 20.1 Å². The summed E-state index contributed by atoms with van der Waals surface area (Å²) in [5.41, 5.74) is 0.604. The summed E-state index contributed by atoms with van der Waals surface area (Å²) >= 11 is 0. The van der Waals surface area contributed by atoms with Crippen molar-refractivity contribution in [3.8, 4) is 11.5 Å². The fourth-order valence-electron chi connectivity index (χ4n) is 1.62. The lowest BCUT2D eigenvalue weighted by atomic mass is 10.3. The summed E-state index contributed by atoms with van der Waals surface area (Å²) in [6.07, 6.45) is 0. The first kappa shape index (κ1) is 13.7. The van der Waals surface area contributed by atoms with Crippen LogP contribution in [0.25, 0.3) is 0 Å². The van der Waals surface area contributed by atoms with Gasteiger partial charge in [-0.25, -0.2) is 4.79 Å². The Hall–Kier alpha value is -2.69. The molecule has 0 saturated heterocycles. The van der Waals surface area contributed by atoms with Gasteiger partial charge in [0.1, 0.15) is 11.5 Å². The normalized spacial score (nSPS) is 9.65. The molecule has 0 fully saturated rings. The van der Waals surface area contributed by atoms with E-state index >= 15 is 0 Å². The van der Waals surface area contributed by atoms with Crippen molar-refractivity contribution in [1.29, 1.82) is 0 Å². The van der Waals surface area contributed by atoms with E-state index in [1.807, 2.05) is 42.5 Å². The van der Waals surface area contributed by atoms with Gasteiger partial charge < -0.3 is 20.1 Å². The fourth-order valence-corrected chi connectivity index (χ4v) is 1.62. The second-order valence-electron chi connectivity index (χ2n) is 3.93. The number of carbonyl (C=O) groups excluding carboxylic acids is 1. The SMILES string of the molecule is COc1ccccc1NC(=O)NCOc1ccccc1. The fraction of sp³-hybridized carbons (Fsp3) is 0.133. The second-order valence-corrected chi connectivity index (χ2v) is 3.93. The van der Waals surface area contributed by atoms with Gasteiger partial charge in [-0.15, -0.1) is 0 Å². The number of urea groups is 1. The van der Waals surface area contributed by atoms with Gasteiger partial charge in [0.15, 0.2) is 6.73 Å². The van der Waals surface area contributed by atoms with Crippen LogP contribution in [0.4, 0.5) is 10.5 Å². The van der Waals surface area contributed by atoms with Gasteiger partial charge in [0.05, 0.1) is 12.8 Å². The lowest BCUT2D eigenvalue weighted by Crippen LogP contribution is -2.32. The minimum absolute atomic E-state index is 0.0883. The third kappa shape index (κ3) is 3.91. The van der Waals surface area contributed by atoms with E-state index in [9.17, 15) is 4.79 Å². The third-order valence-corrected chi connectivity index (χ3v) is 2.57. The van der Waals surface area contributed by atoms with Crippen LogP contribution in [0.1, 0.15) is 0 Å². The van der Waals surface area contributed by atoms with Gasteiger partial charge in [-0.3, -0.25) is 0 Å². The van der Waals surface area contributed by atoms with Crippen LogP contribution >= 0.6 is 0 Å². The Balaban J connectivity index is 1.81. The predicted octanol–water partition coefficient (Wildman–Crippen LogP) is 2.85. The van der Waals surface area contributed by atoms with Crippen LogP contribution in [0, 0.1) is 0 Å². The van der Waals surface area contributed by atoms with Gasteiger partial charge >= 0.3 is 6.03 Å². The molecule has 0 radical (unpaired) electrons. The molecule has 0 spiro atoms. The number of rotatable bonds is 5. The maximum absolute atomic E-state index is 11.7. The summed E-state index contributed by atoms with van der Waals surface area (Å²) in [5.74, 6) is 1.30. The van der Waals surface area contributed by atoms with Gasteiger partial charge in [0.2, 0.25) is 0 Å². The summed E-state index contributed by atoms with van der Waals surface area (Å²) in [7, 11) is 1.55. The highest BCUT2D eigenvalue weighted by Crippen LogP contribution is 2.22. The minimum Gasteiger partial charge on any atom is -0.495 e. The molecule has 104 valence electrons. The largest absolute Gasteiger partial charge is 0.495 e. The van der Waals surface area contributed by atoms with Crippen molar-refractivity contribution < 1.29 is 14.3 Å². The maximum Gasteiger partial charge on any atom is 0.321 e. The standard InChI is InChI=1S/C15H16N2O3/c1-19-14-10-6-5-9-13(14)17-15(18)16-11-20-12-7-3-2-4-8-12/h2-10H,11H2,1H3,(H2,16,17,18). The first-order valence-corrected chi connectivity index (χ1v) is 6.15. The van der Waals surface area contributed by atoms with E-state index < -0.39 is 0 Å². The van der Waals surface area contributed by atoms with Crippen LogP contribution in [-0.2, 0) is 0 Å². The van der Waals surface area contributed by atoms with E-state index in [0.29, 0.717) is 17.2 Å². The van der Waals surface area contributed by atoms with E-state index in [2.05, 4.69) is 10.6 Å². The molecule has 5 nitrogen and oxygen atoms in total. The molecule has 0 aromatic heterocycles. The highest BCUT2D eigenvalue weighted by atomic mass is 16.5. The van der Waals surface area contributed by atoms with Crippen molar-refractivity contribution >= 4 is 11.7 Å². The summed E-state index contributed by atoms with van der Waals surface area (Å²) in [6.45, 7) is 0.0883. The van der Waals surface area contributed by atoms with Crippen LogP contribution in [0.5, 0.6) is 11.5 Å². The Bertz CT molecular complexity index is 558. The van der Waals surface area contributed by atoms with Crippen LogP contribution in [-0.4, -0.2) is 19.9 Å². The average molecular weight is 272 g/mol. The Morgan fingerprint density at radius 3 is 2.50 bits per heavy atom. The zero-order chi connectivity index (χ0) is 14.2. The monoisotopic (exact) mass is 272 g/mol. The molecule has 0 heterocycles. The van der Waals surface area contributed by atoms with Gasteiger partial charge in [0.25, 0.3) is 0 Å². The zero-order valence-electron chi connectivity index (χ0n) is 11.1. The summed E-state index contributed by atoms with van der Waals surface area (Å²) < 4.78 is 10.5. The number of para-hydroxylation sites is 3. The van der Waals surface area contributed by atoms with Crippen LogP contribution in [0.3, 0.4) is 0 Å². The van der Waals surface area contributed by atoms with E-state index in [1.54, 1.807) is 19.2 Å². The number of benzene rings is 2. The van der Waals surface area contributed by atoms with Crippen molar-refractivity contribution in [2.45, 2.75) is 0 Å². The highest BCUT2D eigenvalue weighted by molar-refractivity contribution is 5.90. The number of methoxy groups -OCH3 is 1. The lowest BCUT2D eigenvalue weighted by molar-refractivity contribution is 0.234. The van der Waals surface area contributed by atoms with Crippen molar-refractivity contribution in [2.24, 2.45) is 0 Å². The van der Waals surface area contributed by atoms with Crippen molar-refractivity contribution in [3.05, 3.63) is 54.6 Å². The van der Waals surface area contributed by atoms with Gasteiger partial charge in [-0.2, -0.15) is 0 Å². The molecule has 0 unspecified atom stereocenters. The Kier molecular flexibility index (Phi) is 4.83. The molecule has 2 aromatic rings. The highest BCUT2D eigenvalue weighted by Gasteiger charge is 2.05. The summed E-state index contributed by atoms with van der Waals surface area (Å²) in [5, 5.41) is 5.30. The van der Waals surface area contributed by atoms with Gasteiger partial charge in [-0.05, 0) is 24.3 Å². The third-order valence-electron chi connectivity index (χ3n) is 2.57. The molecule has 0 aliphatic carbocycles. The Labute approximate surface area is 117 Å². The number of carbonyl (C=O) groups is 1. The van der Waals surface area contributed by atoms with Crippen molar-refractivity contribution in [3.63, 3.8) is 0 Å². The molecule has 0 saturated carbocycles. The molecule has 5 heteroatoms. The first-order valence-electron chi connectivity index (χ1n) is 6.15. The molecule has 0 aliphatic heterocycles. The number of anilines is 1. The smallest absolute Gasteiger partial charge is 0.321 e. The molecule has 2 rings (SSSR count). The molecule has 2 aromatic carbocycles. The van der Waals surface area contributed by atoms with Gasteiger partial charge in [0, 0.05) is 0 Å². The van der Waals surface area contributed by atoms with E-state index in [1.165, 1.54) is 0 Å². The quantitative estimate of drug-likeness (QED) is 0.823. The molecule has 2 amide bonds. The molecule has 20 heavy (non-hydrogen) atoms. The predicted molar refractivity (Wildman–Crippen MR) is 77.1 cm³/mol. The Morgan fingerprint density at radius 2 is 1.75 bits per heavy atom. The summed E-state index contributed by atoms with van der Waals surface area (Å²) in [6, 6.07) is 16.1. The van der Waals surface area contributed by atoms with E-state index in [0.717, 1.165) is 0 Å². The average Bonchev–Trinajstić information content (AvgIpc) is 2.49. The van der Waals surface area contributed by atoms with Gasteiger partial charge in [-0.1, -0.05) is 30.3 Å². The number of ether oxygens (including phenoxy) is 2. The minimum atomic E-state index is -0.356. The molecule has 0 atom stereocenters.